The monoisotopic (exact) mass is 267 g/mol. The number of carbonyl (C=O) groups is 1. The van der Waals surface area contributed by atoms with E-state index in [1.807, 2.05) is 0 Å². The molecule has 0 saturated heterocycles. The fourth-order valence-corrected chi connectivity index (χ4v) is 1.58. The number of pyridine rings is 2. The lowest BCUT2D eigenvalue weighted by Gasteiger charge is -2.05. The summed E-state index contributed by atoms with van der Waals surface area (Å²) in [6.45, 7) is 0. The predicted octanol–water partition coefficient (Wildman–Crippen LogP) is 3.04. The lowest BCUT2D eigenvalue weighted by Crippen LogP contribution is -2.13. The van der Waals surface area contributed by atoms with Gasteiger partial charge in [-0.2, -0.15) is 0 Å². The van der Waals surface area contributed by atoms with Crippen LogP contribution in [0.4, 0.5) is 5.69 Å². The van der Waals surface area contributed by atoms with Crippen LogP contribution >= 0.6 is 23.2 Å². The van der Waals surface area contributed by atoms with Gasteiger partial charge in [-0.15, -0.1) is 0 Å². The highest BCUT2D eigenvalue weighted by Crippen LogP contribution is 2.21. The first-order chi connectivity index (χ1) is 8.16. The van der Waals surface area contributed by atoms with Crippen molar-refractivity contribution >= 4 is 34.8 Å². The number of anilines is 1. The second kappa shape index (κ2) is 5.12. The molecule has 2 heterocycles. The zero-order valence-electron chi connectivity index (χ0n) is 8.52. The SMILES string of the molecule is O=C(Nc1ccc(Cl)nc1Cl)c1ccccn1. The summed E-state index contributed by atoms with van der Waals surface area (Å²) < 4.78 is 0. The van der Waals surface area contributed by atoms with E-state index in [9.17, 15) is 4.79 Å². The quantitative estimate of drug-likeness (QED) is 0.851. The van der Waals surface area contributed by atoms with Gasteiger partial charge in [-0.25, -0.2) is 4.98 Å². The zero-order valence-corrected chi connectivity index (χ0v) is 10.0. The summed E-state index contributed by atoms with van der Waals surface area (Å²) in [5, 5.41) is 3.01. The Balaban J connectivity index is 2.19. The largest absolute Gasteiger partial charge is 0.318 e. The van der Waals surface area contributed by atoms with E-state index in [1.54, 1.807) is 30.3 Å². The van der Waals surface area contributed by atoms with Gasteiger partial charge in [-0.05, 0) is 24.3 Å². The number of nitrogens with zero attached hydrogens (tertiary/aromatic N) is 2. The van der Waals surface area contributed by atoms with Gasteiger partial charge in [0, 0.05) is 6.20 Å². The van der Waals surface area contributed by atoms with Crippen LogP contribution in [0.3, 0.4) is 0 Å². The molecule has 17 heavy (non-hydrogen) atoms. The van der Waals surface area contributed by atoms with E-state index in [4.69, 9.17) is 23.2 Å². The van der Waals surface area contributed by atoms with Crippen LogP contribution in [-0.2, 0) is 0 Å². The number of nitrogens with one attached hydrogen (secondary N) is 1. The van der Waals surface area contributed by atoms with Crippen LogP contribution < -0.4 is 5.32 Å². The lowest BCUT2D eigenvalue weighted by atomic mass is 10.3. The fourth-order valence-electron chi connectivity index (χ4n) is 1.19. The van der Waals surface area contributed by atoms with E-state index in [-0.39, 0.29) is 16.2 Å². The van der Waals surface area contributed by atoms with Crippen molar-refractivity contribution < 1.29 is 4.79 Å². The van der Waals surface area contributed by atoms with Gasteiger partial charge in [0.15, 0.2) is 5.15 Å². The average molecular weight is 268 g/mol. The summed E-state index contributed by atoms with van der Waals surface area (Å²) >= 11 is 11.5. The minimum Gasteiger partial charge on any atom is -0.318 e. The third kappa shape index (κ3) is 2.93. The van der Waals surface area contributed by atoms with Gasteiger partial charge in [0.05, 0.1) is 5.69 Å². The number of carbonyl (C=O) groups excluding carboxylic acids is 1. The molecule has 4 nitrogen and oxygen atoms in total. The molecule has 0 aliphatic carbocycles. The number of aromatic nitrogens is 2. The lowest BCUT2D eigenvalue weighted by molar-refractivity contribution is 0.102. The van der Waals surface area contributed by atoms with Crippen molar-refractivity contribution in [1.29, 1.82) is 0 Å². The van der Waals surface area contributed by atoms with Gasteiger partial charge >= 0.3 is 0 Å². The number of amides is 1. The van der Waals surface area contributed by atoms with Crippen LogP contribution in [-0.4, -0.2) is 15.9 Å². The minimum absolute atomic E-state index is 0.141. The third-order valence-corrected chi connectivity index (χ3v) is 2.46. The molecular weight excluding hydrogens is 261 g/mol. The van der Waals surface area contributed by atoms with Crippen molar-refractivity contribution in [1.82, 2.24) is 9.97 Å². The molecule has 0 bridgehead atoms. The molecule has 6 heteroatoms. The minimum atomic E-state index is -0.350. The smallest absolute Gasteiger partial charge is 0.274 e. The molecule has 0 spiro atoms. The summed E-state index contributed by atoms with van der Waals surface area (Å²) in [4.78, 5) is 19.5. The molecule has 86 valence electrons. The molecule has 0 aliphatic heterocycles. The summed E-state index contributed by atoms with van der Waals surface area (Å²) in [6.07, 6.45) is 1.54. The van der Waals surface area contributed by atoms with E-state index in [2.05, 4.69) is 15.3 Å². The van der Waals surface area contributed by atoms with Crippen LogP contribution in [0.1, 0.15) is 10.5 Å². The molecule has 0 aliphatic rings. The van der Waals surface area contributed by atoms with Crippen LogP contribution in [0.15, 0.2) is 36.5 Å². The maximum Gasteiger partial charge on any atom is 0.274 e. The Labute approximate surface area is 108 Å². The summed E-state index contributed by atoms with van der Waals surface area (Å²) in [5.74, 6) is -0.350. The Morgan fingerprint density at radius 2 is 2.00 bits per heavy atom. The molecule has 1 N–H and O–H groups in total. The fraction of sp³-hybridized carbons (Fsp3) is 0. The molecular formula is C11H7Cl2N3O. The number of rotatable bonds is 2. The van der Waals surface area contributed by atoms with Crippen molar-refractivity contribution in [2.75, 3.05) is 5.32 Å². The third-order valence-electron chi connectivity index (χ3n) is 1.96. The summed E-state index contributed by atoms with van der Waals surface area (Å²) in [5.41, 5.74) is 0.699. The maximum atomic E-state index is 11.8. The van der Waals surface area contributed by atoms with E-state index in [0.29, 0.717) is 11.4 Å². The zero-order chi connectivity index (χ0) is 12.3. The summed E-state index contributed by atoms with van der Waals surface area (Å²) in [6, 6.07) is 8.18. The average Bonchev–Trinajstić information content (AvgIpc) is 2.34. The Kier molecular flexibility index (Phi) is 3.56. The molecule has 1 amide bonds. The van der Waals surface area contributed by atoms with Crippen molar-refractivity contribution in [2.24, 2.45) is 0 Å². The molecule has 0 unspecified atom stereocenters. The molecule has 0 aromatic carbocycles. The standard InChI is InChI=1S/C11H7Cl2N3O/c12-9-5-4-7(10(13)16-9)15-11(17)8-3-1-2-6-14-8/h1-6H,(H,15,17). The Morgan fingerprint density at radius 3 is 2.65 bits per heavy atom. The van der Waals surface area contributed by atoms with Crippen LogP contribution in [0.5, 0.6) is 0 Å². The van der Waals surface area contributed by atoms with E-state index < -0.39 is 0 Å². The highest BCUT2D eigenvalue weighted by atomic mass is 35.5. The van der Waals surface area contributed by atoms with Crippen molar-refractivity contribution in [3.63, 3.8) is 0 Å². The Morgan fingerprint density at radius 1 is 1.18 bits per heavy atom. The predicted molar refractivity (Wildman–Crippen MR) is 66.4 cm³/mol. The highest BCUT2D eigenvalue weighted by molar-refractivity contribution is 6.34. The Bertz CT molecular complexity index is 546. The van der Waals surface area contributed by atoms with Gasteiger partial charge in [-0.1, -0.05) is 29.3 Å². The molecule has 2 aromatic heterocycles. The molecule has 0 atom stereocenters. The number of hydrogen-bond donors (Lipinski definition) is 1. The first-order valence-corrected chi connectivity index (χ1v) is 5.47. The number of halogens is 2. The van der Waals surface area contributed by atoms with Gasteiger partial charge in [0.25, 0.3) is 5.91 Å². The normalized spacial score (nSPS) is 10.0. The van der Waals surface area contributed by atoms with Crippen LogP contribution in [0.2, 0.25) is 10.3 Å². The molecule has 2 aromatic rings. The molecule has 0 fully saturated rings. The topological polar surface area (TPSA) is 54.9 Å². The highest BCUT2D eigenvalue weighted by Gasteiger charge is 2.09. The van der Waals surface area contributed by atoms with Crippen LogP contribution in [0.25, 0.3) is 0 Å². The van der Waals surface area contributed by atoms with Crippen molar-refractivity contribution in [2.45, 2.75) is 0 Å². The van der Waals surface area contributed by atoms with Gasteiger partial charge in [-0.3, -0.25) is 9.78 Å². The Hall–Kier alpha value is -1.65. The first-order valence-electron chi connectivity index (χ1n) is 4.71. The molecule has 0 saturated carbocycles. The second-order valence-corrected chi connectivity index (χ2v) is 3.89. The number of hydrogen-bond acceptors (Lipinski definition) is 3. The molecule has 2 rings (SSSR count). The van der Waals surface area contributed by atoms with E-state index in [1.165, 1.54) is 6.20 Å². The summed E-state index contributed by atoms with van der Waals surface area (Å²) in [7, 11) is 0. The van der Waals surface area contributed by atoms with Gasteiger partial charge in [0.1, 0.15) is 10.8 Å². The van der Waals surface area contributed by atoms with E-state index in [0.717, 1.165) is 0 Å². The van der Waals surface area contributed by atoms with Gasteiger partial charge < -0.3 is 5.32 Å². The second-order valence-electron chi connectivity index (χ2n) is 3.14. The molecule has 0 radical (unpaired) electrons. The maximum absolute atomic E-state index is 11.8. The van der Waals surface area contributed by atoms with Crippen molar-refractivity contribution in [3.8, 4) is 0 Å². The van der Waals surface area contributed by atoms with Crippen molar-refractivity contribution in [3.05, 3.63) is 52.5 Å². The van der Waals surface area contributed by atoms with E-state index >= 15 is 0 Å². The van der Waals surface area contributed by atoms with Gasteiger partial charge in [0.2, 0.25) is 0 Å². The van der Waals surface area contributed by atoms with Crippen LogP contribution in [0, 0.1) is 0 Å². The first kappa shape index (κ1) is 11.8.